The molecule has 0 radical (unpaired) electrons. The Balaban J connectivity index is 1.43. The van der Waals surface area contributed by atoms with E-state index in [1.165, 1.54) is 0 Å². The van der Waals surface area contributed by atoms with Gasteiger partial charge in [-0.05, 0) is 33.3 Å². The number of alkyl carbamates (subject to hydrolysis) is 1. The predicted molar refractivity (Wildman–Crippen MR) is 97.2 cm³/mol. The normalized spacial score (nSPS) is 35.5. The Kier molecular flexibility index (Phi) is 5.09. The standard InChI is InChI=1S/C20H27NO7/c1-19(2)24-11-13(26-19)15-14(16-17(25-15)28-20(3,4)27-16)21-18(22)23-10-12-8-6-5-7-9-12/h5-9,13-17H,10-11H2,1-4H3,(H,21,22)/t13-,14-,15+,16+,17-/m0/s1. The zero-order valence-electron chi connectivity index (χ0n) is 16.5. The molecule has 1 N–H and O–H groups in total. The van der Waals surface area contributed by atoms with Crippen LogP contribution in [0, 0.1) is 0 Å². The lowest BCUT2D eigenvalue weighted by molar-refractivity contribution is -0.223. The summed E-state index contributed by atoms with van der Waals surface area (Å²) in [5, 5.41) is 2.89. The van der Waals surface area contributed by atoms with Gasteiger partial charge in [-0.3, -0.25) is 0 Å². The number of rotatable bonds is 4. The van der Waals surface area contributed by atoms with Gasteiger partial charge in [0.15, 0.2) is 17.9 Å². The number of carbonyl (C=O) groups is 1. The van der Waals surface area contributed by atoms with Crippen LogP contribution in [0.2, 0.25) is 0 Å². The fourth-order valence-corrected chi connectivity index (χ4v) is 3.79. The van der Waals surface area contributed by atoms with E-state index in [1.54, 1.807) is 0 Å². The van der Waals surface area contributed by atoms with Crippen LogP contribution in [0.4, 0.5) is 4.79 Å². The van der Waals surface area contributed by atoms with Crippen molar-refractivity contribution in [3.8, 4) is 0 Å². The van der Waals surface area contributed by atoms with Crippen LogP contribution in [0.3, 0.4) is 0 Å². The van der Waals surface area contributed by atoms with Gasteiger partial charge in [-0.15, -0.1) is 0 Å². The summed E-state index contributed by atoms with van der Waals surface area (Å²) in [7, 11) is 0. The highest BCUT2D eigenvalue weighted by Gasteiger charge is 2.58. The molecule has 3 heterocycles. The third kappa shape index (κ3) is 4.16. The summed E-state index contributed by atoms with van der Waals surface area (Å²) in [5.41, 5.74) is 0.908. The Bertz CT molecular complexity index is 708. The molecule has 8 nitrogen and oxygen atoms in total. The molecule has 0 aromatic heterocycles. The number of fused-ring (bicyclic) bond motifs is 1. The van der Waals surface area contributed by atoms with Gasteiger partial charge in [-0.1, -0.05) is 30.3 Å². The Morgan fingerprint density at radius 2 is 1.82 bits per heavy atom. The first-order valence-electron chi connectivity index (χ1n) is 9.53. The highest BCUT2D eigenvalue weighted by molar-refractivity contribution is 5.68. The highest BCUT2D eigenvalue weighted by Crippen LogP contribution is 2.40. The number of carbonyl (C=O) groups excluding carboxylic acids is 1. The van der Waals surface area contributed by atoms with Crippen molar-refractivity contribution in [2.45, 2.75) is 76.5 Å². The quantitative estimate of drug-likeness (QED) is 0.840. The van der Waals surface area contributed by atoms with Crippen LogP contribution in [-0.2, 0) is 35.0 Å². The van der Waals surface area contributed by atoms with Crippen molar-refractivity contribution in [2.75, 3.05) is 6.61 Å². The molecule has 5 atom stereocenters. The van der Waals surface area contributed by atoms with Gasteiger partial charge in [0.1, 0.15) is 24.9 Å². The fourth-order valence-electron chi connectivity index (χ4n) is 3.79. The van der Waals surface area contributed by atoms with Crippen LogP contribution in [0.5, 0.6) is 0 Å². The van der Waals surface area contributed by atoms with Gasteiger partial charge in [0.05, 0.1) is 12.6 Å². The molecule has 4 rings (SSSR count). The van der Waals surface area contributed by atoms with E-state index >= 15 is 0 Å². The maximum absolute atomic E-state index is 12.5. The smallest absolute Gasteiger partial charge is 0.407 e. The average molecular weight is 393 g/mol. The molecular formula is C20H27NO7. The van der Waals surface area contributed by atoms with Gasteiger partial charge in [0.25, 0.3) is 0 Å². The number of amides is 1. The first-order chi connectivity index (χ1) is 13.2. The number of nitrogens with one attached hydrogen (secondary N) is 1. The van der Waals surface area contributed by atoms with Crippen LogP contribution in [-0.4, -0.2) is 54.9 Å². The second-order valence-corrected chi connectivity index (χ2v) is 8.17. The maximum atomic E-state index is 12.5. The third-order valence-corrected chi connectivity index (χ3v) is 4.98. The lowest BCUT2D eigenvalue weighted by Crippen LogP contribution is -2.52. The van der Waals surface area contributed by atoms with E-state index in [0.29, 0.717) is 6.61 Å². The topological polar surface area (TPSA) is 84.5 Å². The molecule has 0 bridgehead atoms. The number of benzene rings is 1. The van der Waals surface area contributed by atoms with Crippen molar-refractivity contribution in [3.63, 3.8) is 0 Å². The zero-order chi connectivity index (χ0) is 19.9. The van der Waals surface area contributed by atoms with Crippen LogP contribution in [0.1, 0.15) is 33.3 Å². The molecule has 3 saturated heterocycles. The maximum Gasteiger partial charge on any atom is 0.407 e. The number of hydrogen-bond acceptors (Lipinski definition) is 7. The second kappa shape index (κ2) is 7.27. The molecule has 0 spiro atoms. The van der Waals surface area contributed by atoms with E-state index in [-0.39, 0.29) is 12.7 Å². The highest BCUT2D eigenvalue weighted by atomic mass is 16.8. The Labute approximate surface area is 164 Å². The van der Waals surface area contributed by atoms with E-state index in [2.05, 4.69) is 5.32 Å². The molecule has 3 aliphatic heterocycles. The molecule has 1 amide bonds. The van der Waals surface area contributed by atoms with Crippen molar-refractivity contribution in [1.29, 1.82) is 0 Å². The first kappa shape index (κ1) is 19.6. The monoisotopic (exact) mass is 393 g/mol. The molecule has 1 aromatic rings. The molecule has 1 aromatic carbocycles. The first-order valence-corrected chi connectivity index (χ1v) is 9.53. The fraction of sp³-hybridized carbons (Fsp3) is 0.650. The lowest BCUT2D eigenvalue weighted by atomic mass is 10.0. The summed E-state index contributed by atoms with van der Waals surface area (Å²) in [5.74, 6) is -1.49. The largest absolute Gasteiger partial charge is 0.445 e. The van der Waals surface area contributed by atoms with Crippen molar-refractivity contribution in [1.82, 2.24) is 5.32 Å². The molecule has 3 aliphatic rings. The molecule has 3 fully saturated rings. The minimum Gasteiger partial charge on any atom is -0.445 e. The molecule has 0 saturated carbocycles. The summed E-state index contributed by atoms with van der Waals surface area (Å²) in [4.78, 5) is 12.5. The van der Waals surface area contributed by atoms with E-state index in [1.807, 2.05) is 58.0 Å². The summed E-state index contributed by atoms with van der Waals surface area (Å²) in [6.07, 6.45) is -2.43. The van der Waals surface area contributed by atoms with Crippen molar-refractivity contribution in [2.24, 2.45) is 0 Å². The lowest BCUT2D eigenvalue weighted by Gasteiger charge is -2.29. The van der Waals surface area contributed by atoms with Crippen LogP contribution in [0.25, 0.3) is 0 Å². The summed E-state index contributed by atoms with van der Waals surface area (Å²) >= 11 is 0. The van der Waals surface area contributed by atoms with E-state index in [4.69, 9.17) is 28.4 Å². The summed E-state index contributed by atoms with van der Waals surface area (Å²) < 4.78 is 34.8. The molecule has 0 aliphatic carbocycles. The van der Waals surface area contributed by atoms with Gasteiger partial charge >= 0.3 is 6.09 Å². The van der Waals surface area contributed by atoms with Crippen molar-refractivity contribution in [3.05, 3.63) is 35.9 Å². The average Bonchev–Trinajstić information content (AvgIpc) is 3.24. The van der Waals surface area contributed by atoms with Crippen LogP contribution >= 0.6 is 0 Å². The van der Waals surface area contributed by atoms with E-state index in [9.17, 15) is 4.79 Å². The van der Waals surface area contributed by atoms with E-state index in [0.717, 1.165) is 5.56 Å². The van der Waals surface area contributed by atoms with Gasteiger partial charge in [-0.25, -0.2) is 4.79 Å². The van der Waals surface area contributed by atoms with Gasteiger partial charge in [0.2, 0.25) is 0 Å². The predicted octanol–water partition coefficient (Wildman–Crippen LogP) is 2.31. The Morgan fingerprint density at radius 3 is 2.50 bits per heavy atom. The second-order valence-electron chi connectivity index (χ2n) is 8.17. The minimum atomic E-state index is -0.791. The molecular weight excluding hydrogens is 366 g/mol. The molecule has 8 heteroatoms. The third-order valence-electron chi connectivity index (χ3n) is 4.98. The molecule has 0 unspecified atom stereocenters. The van der Waals surface area contributed by atoms with Gasteiger partial charge in [-0.2, -0.15) is 0 Å². The Hall–Kier alpha value is -1.71. The SMILES string of the molecule is CC1(C)O[C@@H]2O[C@H]([C@@H]3COC(C)(C)O3)[C@H](NC(=O)OCc3ccccc3)[C@H]2O1. The van der Waals surface area contributed by atoms with Crippen LogP contribution in [0.15, 0.2) is 30.3 Å². The van der Waals surface area contributed by atoms with Gasteiger partial charge in [0, 0.05) is 0 Å². The van der Waals surface area contributed by atoms with Crippen molar-refractivity contribution < 1.29 is 33.2 Å². The van der Waals surface area contributed by atoms with E-state index < -0.39 is 42.2 Å². The number of hydrogen-bond donors (Lipinski definition) is 1. The molecule has 28 heavy (non-hydrogen) atoms. The summed E-state index contributed by atoms with van der Waals surface area (Å²) in [6, 6.07) is 9.01. The van der Waals surface area contributed by atoms with Crippen LogP contribution < -0.4 is 5.32 Å². The van der Waals surface area contributed by atoms with Gasteiger partial charge < -0.3 is 33.7 Å². The van der Waals surface area contributed by atoms with Crippen molar-refractivity contribution >= 4 is 6.09 Å². The Morgan fingerprint density at radius 1 is 1.07 bits per heavy atom. The minimum absolute atomic E-state index is 0.179. The summed E-state index contributed by atoms with van der Waals surface area (Å²) in [6.45, 7) is 7.85. The zero-order valence-corrected chi connectivity index (χ0v) is 16.5. The number of ether oxygens (including phenoxy) is 6. The molecule has 154 valence electrons.